The molecule has 0 bridgehead atoms. The van der Waals surface area contributed by atoms with Crippen LogP contribution in [0.25, 0.3) is 11.3 Å². The minimum Gasteiger partial charge on any atom is -0.495 e. The largest absolute Gasteiger partial charge is 0.495 e. The summed E-state index contributed by atoms with van der Waals surface area (Å²) >= 11 is 6.40. The average molecular weight is 553 g/mol. The minimum absolute atomic E-state index is 0.0356. The van der Waals surface area contributed by atoms with Crippen LogP contribution in [-0.4, -0.2) is 70.3 Å². The van der Waals surface area contributed by atoms with Crippen molar-refractivity contribution >= 4 is 34.7 Å². The van der Waals surface area contributed by atoms with Gasteiger partial charge in [0, 0.05) is 44.2 Å². The van der Waals surface area contributed by atoms with Gasteiger partial charge in [-0.15, -0.1) is 0 Å². The van der Waals surface area contributed by atoms with Crippen LogP contribution < -0.4 is 20.1 Å². The fourth-order valence-electron chi connectivity index (χ4n) is 4.09. The maximum Gasteiger partial charge on any atom is 0.190 e. The molecule has 0 saturated carbocycles. The van der Waals surface area contributed by atoms with Gasteiger partial charge < -0.3 is 24.8 Å². The summed E-state index contributed by atoms with van der Waals surface area (Å²) in [6.07, 6.45) is 6.06. The van der Waals surface area contributed by atoms with Gasteiger partial charge in [0.25, 0.3) is 0 Å². The van der Waals surface area contributed by atoms with Gasteiger partial charge in [-0.1, -0.05) is 11.6 Å². The van der Waals surface area contributed by atoms with Crippen molar-refractivity contribution in [2.45, 2.75) is 6.54 Å². The van der Waals surface area contributed by atoms with Crippen molar-refractivity contribution in [2.75, 3.05) is 51.2 Å². The van der Waals surface area contributed by atoms with Crippen LogP contribution in [0, 0.1) is 5.82 Å². The van der Waals surface area contributed by atoms with Crippen molar-refractivity contribution in [3.63, 3.8) is 0 Å². The Morgan fingerprint density at radius 1 is 0.974 bits per heavy atom. The van der Waals surface area contributed by atoms with Crippen molar-refractivity contribution in [1.82, 2.24) is 29.8 Å². The van der Waals surface area contributed by atoms with E-state index in [2.05, 4.69) is 40.5 Å². The number of rotatable bonds is 9. The van der Waals surface area contributed by atoms with Crippen molar-refractivity contribution < 1.29 is 18.6 Å². The molecule has 13 heteroatoms. The number of morpholine rings is 1. The van der Waals surface area contributed by atoms with Gasteiger partial charge in [0.1, 0.15) is 46.6 Å². The normalized spacial score (nSPS) is 13.6. The molecule has 202 valence electrons. The van der Waals surface area contributed by atoms with E-state index in [4.69, 9.17) is 25.8 Å². The first-order valence-corrected chi connectivity index (χ1v) is 12.4. The molecular weight excluding hydrogens is 527 g/mol. The monoisotopic (exact) mass is 552 g/mol. The summed E-state index contributed by atoms with van der Waals surface area (Å²) in [4.78, 5) is 23.9. The lowest BCUT2D eigenvalue weighted by molar-refractivity contribution is 0.0342. The standard InChI is InChI=1S/C26H26ClFN8O3/c1-37-19-11-20(38-2)24(28)25(23(19)27)35-26-17(12-29-14-33-26)18-10-22(32-15-31-18)34-21-9-16(3-4-30-21)13-36-5-7-39-8-6-36/h3-4,9-12,14-15H,5-8,13H2,1-2H3,(H,29,33,35)(H,30,31,32,34). The second-order valence-electron chi connectivity index (χ2n) is 8.55. The molecule has 4 heterocycles. The zero-order valence-corrected chi connectivity index (χ0v) is 22.1. The molecule has 0 spiro atoms. The number of anilines is 4. The highest BCUT2D eigenvalue weighted by atomic mass is 35.5. The van der Waals surface area contributed by atoms with E-state index >= 15 is 4.39 Å². The summed E-state index contributed by atoms with van der Waals surface area (Å²) < 4.78 is 31.0. The summed E-state index contributed by atoms with van der Waals surface area (Å²) in [7, 11) is 2.79. The molecule has 1 aromatic carbocycles. The van der Waals surface area contributed by atoms with E-state index in [1.165, 1.54) is 32.9 Å². The van der Waals surface area contributed by atoms with Gasteiger partial charge in [-0.3, -0.25) is 4.90 Å². The SMILES string of the molecule is COc1cc(OC)c(Cl)c(Nc2ncncc2-c2cc(Nc3cc(CN4CCOCC4)ccn3)ncn2)c1F. The van der Waals surface area contributed by atoms with Crippen molar-refractivity contribution in [3.8, 4) is 22.8 Å². The second-order valence-corrected chi connectivity index (χ2v) is 8.92. The summed E-state index contributed by atoms with van der Waals surface area (Å²) in [6.45, 7) is 4.08. The first kappa shape index (κ1) is 26.5. The number of ether oxygens (including phenoxy) is 3. The number of aromatic nitrogens is 5. The summed E-state index contributed by atoms with van der Waals surface area (Å²) in [6, 6.07) is 7.07. The highest BCUT2D eigenvalue weighted by molar-refractivity contribution is 6.35. The molecule has 1 aliphatic heterocycles. The first-order chi connectivity index (χ1) is 19.1. The van der Waals surface area contributed by atoms with Crippen molar-refractivity contribution in [3.05, 3.63) is 65.7 Å². The smallest absolute Gasteiger partial charge is 0.190 e. The number of hydrogen-bond donors (Lipinski definition) is 2. The van der Waals surface area contributed by atoms with E-state index < -0.39 is 5.82 Å². The fraction of sp³-hybridized carbons (Fsp3) is 0.269. The molecule has 1 saturated heterocycles. The van der Waals surface area contributed by atoms with Gasteiger partial charge in [0.15, 0.2) is 11.6 Å². The summed E-state index contributed by atoms with van der Waals surface area (Å²) in [5, 5.41) is 6.21. The molecule has 1 fully saturated rings. The topological polar surface area (TPSA) is 119 Å². The lowest BCUT2D eigenvalue weighted by Gasteiger charge is -2.26. The summed E-state index contributed by atoms with van der Waals surface area (Å²) in [5.41, 5.74) is 2.06. The zero-order chi connectivity index (χ0) is 27.2. The van der Waals surface area contributed by atoms with Gasteiger partial charge in [-0.25, -0.2) is 29.3 Å². The minimum atomic E-state index is -0.694. The maximum atomic E-state index is 15.1. The molecule has 0 amide bonds. The molecule has 2 N–H and O–H groups in total. The third-order valence-electron chi connectivity index (χ3n) is 6.06. The maximum absolute atomic E-state index is 15.1. The zero-order valence-electron chi connectivity index (χ0n) is 21.3. The molecule has 1 aliphatic rings. The Morgan fingerprint density at radius 3 is 2.56 bits per heavy atom. The van der Waals surface area contributed by atoms with Crippen LogP contribution in [0.2, 0.25) is 5.02 Å². The Bertz CT molecular complexity index is 1430. The first-order valence-electron chi connectivity index (χ1n) is 12.1. The van der Waals surface area contributed by atoms with Crippen LogP contribution >= 0.6 is 11.6 Å². The molecule has 0 aliphatic carbocycles. The Morgan fingerprint density at radius 2 is 1.77 bits per heavy atom. The molecule has 4 aromatic rings. The van der Waals surface area contributed by atoms with E-state index in [0.717, 1.165) is 38.4 Å². The predicted molar refractivity (Wildman–Crippen MR) is 144 cm³/mol. The number of halogens is 2. The molecule has 0 unspecified atom stereocenters. The van der Waals surface area contributed by atoms with Crippen LogP contribution in [0.4, 0.5) is 27.5 Å². The summed E-state index contributed by atoms with van der Waals surface area (Å²) in [5.74, 6) is 0.942. The van der Waals surface area contributed by atoms with Crippen LogP contribution in [0.3, 0.4) is 0 Å². The number of benzene rings is 1. The van der Waals surface area contributed by atoms with E-state index in [9.17, 15) is 0 Å². The quantitative estimate of drug-likeness (QED) is 0.306. The van der Waals surface area contributed by atoms with Gasteiger partial charge in [0.05, 0.1) is 38.7 Å². The molecule has 0 atom stereocenters. The van der Waals surface area contributed by atoms with Crippen LogP contribution in [0.5, 0.6) is 11.5 Å². The van der Waals surface area contributed by atoms with Gasteiger partial charge in [0.2, 0.25) is 0 Å². The molecular formula is C26H26ClFN8O3. The van der Waals surface area contributed by atoms with Crippen LogP contribution in [-0.2, 0) is 11.3 Å². The van der Waals surface area contributed by atoms with E-state index in [0.29, 0.717) is 22.9 Å². The Hall–Kier alpha value is -4.13. The number of pyridine rings is 1. The molecule has 39 heavy (non-hydrogen) atoms. The Kier molecular flexibility index (Phi) is 8.25. The number of methoxy groups -OCH3 is 2. The molecule has 3 aromatic heterocycles. The lowest BCUT2D eigenvalue weighted by Crippen LogP contribution is -2.35. The van der Waals surface area contributed by atoms with Crippen molar-refractivity contribution in [1.29, 1.82) is 0 Å². The number of nitrogens with zero attached hydrogens (tertiary/aromatic N) is 6. The average Bonchev–Trinajstić information content (AvgIpc) is 2.96. The molecule has 5 rings (SSSR count). The van der Waals surface area contributed by atoms with Crippen LogP contribution in [0.15, 0.2) is 49.3 Å². The highest BCUT2D eigenvalue weighted by Gasteiger charge is 2.21. The molecule has 11 nitrogen and oxygen atoms in total. The van der Waals surface area contributed by atoms with Crippen molar-refractivity contribution in [2.24, 2.45) is 0 Å². The van der Waals surface area contributed by atoms with E-state index in [1.807, 2.05) is 12.1 Å². The Labute approximate surface area is 229 Å². The third kappa shape index (κ3) is 6.14. The van der Waals surface area contributed by atoms with Gasteiger partial charge >= 0.3 is 0 Å². The highest BCUT2D eigenvalue weighted by Crippen LogP contribution is 2.42. The van der Waals surface area contributed by atoms with Gasteiger partial charge in [-0.2, -0.15) is 0 Å². The number of nitrogens with one attached hydrogen (secondary N) is 2. The second kappa shape index (κ2) is 12.2. The van der Waals surface area contributed by atoms with E-state index in [1.54, 1.807) is 18.5 Å². The number of hydrogen-bond acceptors (Lipinski definition) is 11. The third-order valence-corrected chi connectivity index (χ3v) is 6.44. The van der Waals surface area contributed by atoms with Crippen LogP contribution in [0.1, 0.15) is 5.56 Å². The molecule has 0 radical (unpaired) electrons. The van der Waals surface area contributed by atoms with E-state index in [-0.39, 0.29) is 28.0 Å². The van der Waals surface area contributed by atoms with Gasteiger partial charge in [-0.05, 0) is 17.7 Å². The lowest BCUT2D eigenvalue weighted by atomic mass is 10.2. The Balaban J connectivity index is 1.40. The predicted octanol–water partition coefficient (Wildman–Crippen LogP) is 4.46. The fourth-order valence-corrected chi connectivity index (χ4v) is 4.35.